The molecular formula is C8H10OV. The van der Waals surface area contributed by atoms with Crippen LogP contribution in [0.25, 0.3) is 0 Å². The van der Waals surface area contributed by atoms with Gasteiger partial charge in [0.1, 0.15) is 0 Å². The molecule has 0 aromatic heterocycles. The first-order chi connectivity index (χ1) is 4.43. The van der Waals surface area contributed by atoms with Gasteiger partial charge in [-0.05, 0) is 5.56 Å². The van der Waals surface area contributed by atoms with Gasteiger partial charge in [0, 0.05) is 25.7 Å². The molecular weight excluding hydrogens is 163 g/mol. The van der Waals surface area contributed by atoms with Crippen LogP contribution in [0.2, 0.25) is 0 Å². The summed E-state index contributed by atoms with van der Waals surface area (Å²) in [6.07, 6.45) is 0. The number of hydrogen-bond acceptors (Lipinski definition) is 1. The largest absolute Gasteiger partial charge is 0.380 e. The van der Waals surface area contributed by atoms with E-state index in [-0.39, 0.29) is 18.6 Å². The maximum Gasteiger partial charge on any atom is 0.0713 e. The molecule has 0 aliphatic carbocycles. The van der Waals surface area contributed by atoms with E-state index in [1.165, 1.54) is 5.56 Å². The normalized spacial score (nSPS) is 8.50. The number of methoxy groups -OCH3 is 1. The van der Waals surface area contributed by atoms with Gasteiger partial charge < -0.3 is 4.74 Å². The average molecular weight is 173 g/mol. The van der Waals surface area contributed by atoms with Crippen LogP contribution in [0.1, 0.15) is 5.56 Å². The fraction of sp³-hybridized carbons (Fsp3) is 0.250. The molecule has 0 heterocycles. The Morgan fingerprint density at radius 1 is 1.20 bits per heavy atom. The Morgan fingerprint density at radius 2 is 1.80 bits per heavy atom. The van der Waals surface area contributed by atoms with Crippen molar-refractivity contribution in [3.63, 3.8) is 0 Å². The van der Waals surface area contributed by atoms with Crippen molar-refractivity contribution in [1.29, 1.82) is 0 Å². The van der Waals surface area contributed by atoms with E-state index < -0.39 is 0 Å². The molecule has 0 spiro atoms. The van der Waals surface area contributed by atoms with E-state index in [0.29, 0.717) is 6.61 Å². The van der Waals surface area contributed by atoms with Gasteiger partial charge in [-0.25, -0.2) is 0 Å². The topological polar surface area (TPSA) is 9.23 Å². The second-order valence-electron chi connectivity index (χ2n) is 1.92. The van der Waals surface area contributed by atoms with Gasteiger partial charge in [-0.1, -0.05) is 30.3 Å². The minimum Gasteiger partial charge on any atom is -0.380 e. The number of hydrogen-bond donors (Lipinski definition) is 0. The van der Waals surface area contributed by atoms with Crippen molar-refractivity contribution in [2.45, 2.75) is 6.61 Å². The molecule has 0 N–H and O–H groups in total. The molecule has 1 aromatic rings. The average Bonchev–Trinajstić information content (AvgIpc) is 1.91. The zero-order valence-corrected chi connectivity index (χ0v) is 7.35. The van der Waals surface area contributed by atoms with Crippen molar-refractivity contribution in [1.82, 2.24) is 0 Å². The van der Waals surface area contributed by atoms with Crippen LogP contribution in [-0.4, -0.2) is 7.11 Å². The van der Waals surface area contributed by atoms with Gasteiger partial charge in [0.2, 0.25) is 0 Å². The van der Waals surface area contributed by atoms with E-state index in [9.17, 15) is 0 Å². The smallest absolute Gasteiger partial charge is 0.0713 e. The third-order valence-electron chi connectivity index (χ3n) is 1.15. The Hall–Kier alpha value is -0.236. The molecule has 1 rings (SSSR count). The Bertz CT molecular complexity index is 162. The molecule has 0 atom stereocenters. The first-order valence-corrected chi connectivity index (χ1v) is 2.96. The summed E-state index contributed by atoms with van der Waals surface area (Å²) in [6, 6.07) is 10.1. The van der Waals surface area contributed by atoms with Crippen molar-refractivity contribution in [2.24, 2.45) is 0 Å². The molecule has 1 nitrogen and oxygen atoms in total. The molecule has 10 heavy (non-hydrogen) atoms. The van der Waals surface area contributed by atoms with Crippen LogP contribution < -0.4 is 0 Å². The molecule has 0 bridgehead atoms. The summed E-state index contributed by atoms with van der Waals surface area (Å²) in [5, 5.41) is 0. The Labute approximate surface area is 73.3 Å². The number of ether oxygens (including phenoxy) is 1. The van der Waals surface area contributed by atoms with Crippen LogP contribution in [0.15, 0.2) is 30.3 Å². The van der Waals surface area contributed by atoms with Gasteiger partial charge in [-0.3, -0.25) is 0 Å². The molecule has 0 saturated heterocycles. The summed E-state index contributed by atoms with van der Waals surface area (Å²) in [4.78, 5) is 0. The van der Waals surface area contributed by atoms with E-state index in [1.807, 2.05) is 30.3 Å². The molecule has 2 heteroatoms. The van der Waals surface area contributed by atoms with Crippen LogP contribution in [-0.2, 0) is 29.9 Å². The van der Waals surface area contributed by atoms with Crippen LogP contribution in [0.4, 0.5) is 0 Å². The molecule has 1 aromatic carbocycles. The van der Waals surface area contributed by atoms with Crippen LogP contribution in [0.3, 0.4) is 0 Å². The zero-order valence-electron chi connectivity index (χ0n) is 5.95. The van der Waals surface area contributed by atoms with Gasteiger partial charge in [0.05, 0.1) is 6.61 Å². The minimum absolute atomic E-state index is 0. The summed E-state index contributed by atoms with van der Waals surface area (Å²) in [7, 11) is 1.70. The van der Waals surface area contributed by atoms with Crippen molar-refractivity contribution < 1.29 is 23.3 Å². The molecule has 0 amide bonds. The Kier molecular flexibility index (Phi) is 5.41. The second kappa shape index (κ2) is 5.54. The fourth-order valence-electron chi connectivity index (χ4n) is 0.741. The van der Waals surface area contributed by atoms with Crippen LogP contribution in [0, 0.1) is 0 Å². The standard InChI is InChI=1S/C8H10O.V/c1-9-7-8-5-3-2-4-6-8;/h2-6H,7H2,1H3;. The third-order valence-corrected chi connectivity index (χ3v) is 1.15. The number of rotatable bonds is 2. The van der Waals surface area contributed by atoms with Crippen molar-refractivity contribution >= 4 is 0 Å². The van der Waals surface area contributed by atoms with Crippen molar-refractivity contribution in [3.8, 4) is 0 Å². The van der Waals surface area contributed by atoms with E-state index in [4.69, 9.17) is 4.74 Å². The summed E-state index contributed by atoms with van der Waals surface area (Å²) >= 11 is 0. The summed E-state index contributed by atoms with van der Waals surface area (Å²) in [5.41, 5.74) is 1.22. The maximum atomic E-state index is 4.93. The predicted octanol–water partition coefficient (Wildman–Crippen LogP) is 1.83. The summed E-state index contributed by atoms with van der Waals surface area (Å²) in [6.45, 7) is 0.709. The van der Waals surface area contributed by atoms with Gasteiger partial charge in [0.15, 0.2) is 0 Å². The van der Waals surface area contributed by atoms with Crippen molar-refractivity contribution in [3.05, 3.63) is 35.9 Å². The molecule has 1 radical (unpaired) electrons. The van der Waals surface area contributed by atoms with Gasteiger partial charge in [-0.15, -0.1) is 0 Å². The van der Waals surface area contributed by atoms with E-state index >= 15 is 0 Å². The first kappa shape index (κ1) is 9.76. The fourth-order valence-corrected chi connectivity index (χ4v) is 0.741. The molecule has 0 unspecified atom stereocenters. The second-order valence-corrected chi connectivity index (χ2v) is 1.92. The van der Waals surface area contributed by atoms with Gasteiger partial charge >= 0.3 is 0 Å². The van der Waals surface area contributed by atoms with Gasteiger partial charge in [-0.2, -0.15) is 0 Å². The van der Waals surface area contributed by atoms with Crippen LogP contribution >= 0.6 is 0 Å². The molecule has 0 saturated carbocycles. The van der Waals surface area contributed by atoms with E-state index in [2.05, 4.69) is 0 Å². The van der Waals surface area contributed by atoms with Crippen molar-refractivity contribution in [2.75, 3.05) is 7.11 Å². The maximum absolute atomic E-state index is 4.93. The zero-order chi connectivity index (χ0) is 6.53. The molecule has 0 fully saturated rings. The van der Waals surface area contributed by atoms with E-state index in [0.717, 1.165) is 0 Å². The van der Waals surface area contributed by atoms with Gasteiger partial charge in [0.25, 0.3) is 0 Å². The molecule has 0 aliphatic rings. The molecule has 53 valence electrons. The quantitative estimate of drug-likeness (QED) is 0.662. The van der Waals surface area contributed by atoms with Crippen LogP contribution in [0.5, 0.6) is 0 Å². The first-order valence-electron chi connectivity index (χ1n) is 2.96. The predicted molar refractivity (Wildman–Crippen MR) is 37.2 cm³/mol. The SMILES string of the molecule is COCc1ccccc1.[V]. The Balaban J connectivity index is 0.000000810. The summed E-state index contributed by atoms with van der Waals surface area (Å²) in [5.74, 6) is 0. The molecule has 0 aliphatic heterocycles. The Morgan fingerprint density at radius 3 is 2.30 bits per heavy atom. The number of benzene rings is 1. The summed E-state index contributed by atoms with van der Waals surface area (Å²) < 4.78 is 4.93. The third kappa shape index (κ3) is 3.07. The monoisotopic (exact) mass is 173 g/mol. The minimum atomic E-state index is 0. The van der Waals surface area contributed by atoms with E-state index in [1.54, 1.807) is 7.11 Å².